The molecule has 22 heavy (non-hydrogen) atoms. The van der Waals surface area contributed by atoms with Crippen molar-refractivity contribution in [1.82, 2.24) is 10.6 Å². The van der Waals surface area contributed by atoms with Gasteiger partial charge in [-0.2, -0.15) is 0 Å². The van der Waals surface area contributed by atoms with E-state index in [4.69, 9.17) is 4.42 Å². The molecule has 4 nitrogen and oxygen atoms in total. The van der Waals surface area contributed by atoms with Gasteiger partial charge < -0.3 is 15.1 Å². The quantitative estimate of drug-likeness (QED) is 0.637. The third kappa shape index (κ3) is 4.65. The van der Waals surface area contributed by atoms with Gasteiger partial charge in [-0.15, -0.1) is 0 Å². The van der Waals surface area contributed by atoms with E-state index in [1.165, 1.54) is 16.7 Å². The number of furan rings is 1. The monoisotopic (exact) mass is 299 g/mol. The summed E-state index contributed by atoms with van der Waals surface area (Å²) in [5, 5.41) is 6.66. The zero-order valence-corrected chi connectivity index (χ0v) is 13.6. The SMILES string of the molecule is CN=C(NCCc1ccco1)NCCc1c(C)cccc1C. The van der Waals surface area contributed by atoms with E-state index in [1.807, 2.05) is 12.1 Å². The van der Waals surface area contributed by atoms with Crippen LogP contribution in [0.25, 0.3) is 0 Å². The molecule has 0 aliphatic rings. The van der Waals surface area contributed by atoms with Crippen LogP contribution in [-0.4, -0.2) is 26.1 Å². The first-order valence-electron chi connectivity index (χ1n) is 7.72. The first-order valence-corrected chi connectivity index (χ1v) is 7.72. The Bertz CT molecular complexity index is 583. The van der Waals surface area contributed by atoms with Crippen molar-refractivity contribution in [2.45, 2.75) is 26.7 Å². The molecule has 0 bridgehead atoms. The highest BCUT2D eigenvalue weighted by atomic mass is 16.3. The molecular weight excluding hydrogens is 274 g/mol. The minimum atomic E-state index is 0.802. The molecule has 0 saturated carbocycles. The summed E-state index contributed by atoms with van der Waals surface area (Å²) in [7, 11) is 1.79. The maximum atomic E-state index is 5.31. The highest BCUT2D eigenvalue weighted by Crippen LogP contribution is 2.13. The number of aliphatic imine (C=N–C) groups is 1. The molecule has 1 aromatic heterocycles. The molecule has 0 unspecified atom stereocenters. The van der Waals surface area contributed by atoms with E-state index in [1.54, 1.807) is 13.3 Å². The van der Waals surface area contributed by atoms with Gasteiger partial charge in [-0.05, 0) is 49.1 Å². The Morgan fingerprint density at radius 3 is 2.27 bits per heavy atom. The zero-order chi connectivity index (χ0) is 15.8. The standard InChI is InChI=1S/C18H25N3O/c1-14-6-4-7-15(2)17(14)10-12-21-18(19-3)20-11-9-16-8-5-13-22-16/h4-8,13H,9-12H2,1-3H3,(H2,19,20,21). The summed E-state index contributed by atoms with van der Waals surface area (Å²) in [5.74, 6) is 1.82. The van der Waals surface area contributed by atoms with E-state index in [0.29, 0.717) is 0 Å². The Morgan fingerprint density at radius 2 is 1.68 bits per heavy atom. The molecule has 1 heterocycles. The Balaban J connectivity index is 1.74. The lowest BCUT2D eigenvalue weighted by Gasteiger charge is -2.13. The van der Waals surface area contributed by atoms with E-state index in [2.05, 4.69) is 47.7 Å². The Hall–Kier alpha value is -2.23. The summed E-state index contributed by atoms with van der Waals surface area (Å²) >= 11 is 0. The van der Waals surface area contributed by atoms with Crippen LogP contribution in [0.1, 0.15) is 22.5 Å². The predicted molar refractivity (Wildman–Crippen MR) is 91.4 cm³/mol. The molecular formula is C18H25N3O. The molecule has 0 amide bonds. The summed E-state index contributed by atoms with van der Waals surface area (Å²) in [6.07, 6.45) is 3.55. The fourth-order valence-corrected chi connectivity index (χ4v) is 2.53. The number of benzene rings is 1. The first kappa shape index (κ1) is 16.1. The molecule has 0 atom stereocenters. The van der Waals surface area contributed by atoms with Gasteiger partial charge in [0.1, 0.15) is 5.76 Å². The number of rotatable bonds is 6. The molecule has 0 fully saturated rings. The molecule has 118 valence electrons. The summed E-state index contributed by atoms with van der Waals surface area (Å²) in [5.41, 5.74) is 4.12. The van der Waals surface area contributed by atoms with E-state index in [-0.39, 0.29) is 0 Å². The van der Waals surface area contributed by atoms with Gasteiger partial charge in [0.15, 0.2) is 5.96 Å². The van der Waals surface area contributed by atoms with Crippen molar-refractivity contribution in [2.75, 3.05) is 20.1 Å². The average molecular weight is 299 g/mol. The molecule has 4 heteroatoms. The topological polar surface area (TPSA) is 49.6 Å². The summed E-state index contributed by atoms with van der Waals surface area (Å²) in [4.78, 5) is 4.25. The van der Waals surface area contributed by atoms with Crippen LogP contribution in [0, 0.1) is 13.8 Å². The Kier molecular flexibility index (Phi) is 6.07. The second-order valence-corrected chi connectivity index (χ2v) is 5.38. The molecule has 2 aromatic rings. The molecule has 0 aliphatic carbocycles. The van der Waals surface area contributed by atoms with Gasteiger partial charge in [0.2, 0.25) is 0 Å². The second-order valence-electron chi connectivity index (χ2n) is 5.38. The molecule has 0 aliphatic heterocycles. The van der Waals surface area contributed by atoms with Crippen LogP contribution < -0.4 is 10.6 Å². The van der Waals surface area contributed by atoms with Crippen LogP contribution >= 0.6 is 0 Å². The maximum absolute atomic E-state index is 5.31. The second kappa shape index (κ2) is 8.27. The molecule has 0 radical (unpaired) electrons. The number of hydrogen-bond donors (Lipinski definition) is 2. The van der Waals surface area contributed by atoms with Crippen molar-refractivity contribution in [3.8, 4) is 0 Å². The zero-order valence-electron chi connectivity index (χ0n) is 13.6. The minimum Gasteiger partial charge on any atom is -0.469 e. The third-order valence-electron chi connectivity index (χ3n) is 3.78. The summed E-state index contributed by atoms with van der Waals surface area (Å²) < 4.78 is 5.31. The lowest BCUT2D eigenvalue weighted by molar-refractivity contribution is 0.507. The van der Waals surface area contributed by atoms with E-state index < -0.39 is 0 Å². The van der Waals surface area contributed by atoms with Gasteiger partial charge in [-0.3, -0.25) is 4.99 Å². The van der Waals surface area contributed by atoms with Crippen molar-refractivity contribution >= 4 is 5.96 Å². The first-order chi connectivity index (χ1) is 10.7. The van der Waals surface area contributed by atoms with Gasteiger partial charge in [0.05, 0.1) is 6.26 Å². The van der Waals surface area contributed by atoms with Gasteiger partial charge in [0.25, 0.3) is 0 Å². The van der Waals surface area contributed by atoms with E-state index in [9.17, 15) is 0 Å². The third-order valence-corrected chi connectivity index (χ3v) is 3.78. The number of guanidine groups is 1. The largest absolute Gasteiger partial charge is 0.469 e. The number of nitrogens with one attached hydrogen (secondary N) is 2. The number of aryl methyl sites for hydroxylation is 2. The molecule has 2 N–H and O–H groups in total. The average Bonchev–Trinajstić information content (AvgIpc) is 3.01. The van der Waals surface area contributed by atoms with Crippen molar-refractivity contribution in [1.29, 1.82) is 0 Å². The van der Waals surface area contributed by atoms with Crippen molar-refractivity contribution < 1.29 is 4.42 Å². The minimum absolute atomic E-state index is 0.802. The van der Waals surface area contributed by atoms with Crippen LogP contribution in [0.5, 0.6) is 0 Å². The number of nitrogens with zero attached hydrogens (tertiary/aromatic N) is 1. The predicted octanol–water partition coefficient (Wildman–Crippen LogP) is 2.85. The highest BCUT2D eigenvalue weighted by molar-refractivity contribution is 5.79. The molecule has 0 saturated heterocycles. The highest BCUT2D eigenvalue weighted by Gasteiger charge is 2.03. The van der Waals surface area contributed by atoms with Crippen molar-refractivity contribution in [3.63, 3.8) is 0 Å². The van der Waals surface area contributed by atoms with Crippen molar-refractivity contribution in [2.24, 2.45) is 4.99 Å². The van der Waals surface area contributed by atoms with Gasteiger partial charge in [-0.25, -0.2) is 0 Å². The fourth-order valence-electron chi connectivity index (χ4n) is 2.53. The molecule has 0 spiro atoms. The smallest absolute Gasteiger partial charge is 0.191 e. The lowest BCUT2D eigenvalue weighted by atomic mass is 10.0. The van der Waals surface area contributed by atoms with Crippen LogP contribution in [-0.2, 0) is 12.8 Å². The summed E-state index contributed by atoms with van der Waals surface area (Å²) in [6.45, 7) is 6.00. The van der Waals surface area contributed by atoms with E-state index >= 15 is 0 Å². The maximum Gasteiger partial charge on any atom is 0.191 e. The van der Waals surface area contributed by atoms with Crippen LogP contribution in [0.2, 0.25) is 0 Å². The van der Waals surface area contributed by atoms with Gasteiger partial charge in [-0.1, -0.05) is 18.2 Å². The van der Waals surface area contributed by atoms with Gasteiger partial charge in [0, 0.05) is 26.6 Å². The molecule has 2 rings (SSSR count). The van der Waals surface area contributed by atoms with Crippen molar-refractivity contribution in [3.05, 3.63) is 59.0 Å². The lowest BCUT2D eigenvalue weighted by Crippen LogP contribution is -2.39. The fraction of sp³-hybridized carbons (Fsp3) is 0.389. The van der Waals surface area contributed by atoms with Crippen LogP contribution in [0.3, 0.4) is 0 Å². The normalized spacial score (nSPS) is 11.5. The van der Waals surface area contributed by atoms with Gasteiger partial charge >= 0.3 is 0 Å². The summed E-state index contributed by atoms with van der Waals surface area (Å²) in [6, 6.07) is 10.3. The Labute approximate surface area is 132 Å². The molecule has 1 aromatic carbocycles. The Morgan fingerprint density at radius 1 is 1.00 bits per heavy atom. The number of hydrogen-bond acceptors (Lipinski definition) is 2. The van der Waals surface area contributed by atoms with Crippen LogP contribution in [0.4, 0.5) is 0 Å². The van der Waals surface area contributed by atoms with E-state index in [0.717, 1.165) is 37.7 Å². The van der Waals surface area contributed by atoms with Crippen LogP contribution in [0.15, 0.2) is 46.0 Å².